The zero-order valence-electron chi connectivity index (χ0n) is 5.34. The summed E-state index contributed by atoms with van der Waals surface area (Å²) in [7, 11) is -4.64. The van der Waals surface area contributed by atoms with Gasteiger partial charge in [-0.2, -0.15) is 0 Å². The van der Waals surface area contributed by atoms with Crippen molar-refractivity contribution in [2.45, 2.75) is 6.42 Å². The highest BCUT2D eigenvalue weighted by Gasteiger charge is 2.00. The Morgan fingerprint density at radius 1 is 1.30 bits per heavy atom. The molecule has 6 nitrogen and oxygen atoms in total. The van der Waals surface area contributed by atoms with Crippen LogP contribution in [0, 0.1) is 0 Å². The quantitative estimate of drug-likeness (QED) is 0.320. The maximum atomic E-state index is 8.88. The van der Waals surface area contributed by atoms with E-state index in [1.807, 2.05) is 0 Å². The molecule has 0 atom stereocenters. The SMILES string of the molecule is NCCCO.O=P(O)(O)O. The second-order valence-corrected chi connectivity index (χ2v) is 2.41. The molecule has 64 valence electrons. The minimum absolute atomic E-state index is 0.219. The lowest BCUT2D eigenvalue weighted by atomic mass is 10.5. The zero-order valence-corrected chi connectivity index (χ0v) is 6.24. The van der Waals surface area contributed by atoms with Gasteiger partial charge in [0.2, 0.25) is 0 Å². The first-order chi connectivity index (χ1) is 4.41. The second-order valence-electron chi connectivity index (χ2n) is 1.38. The third kappa shape index (κ3) is 96.3. The fourth-order valence-electron chi connectivity index (χ4n) is 0.0913. The highest BCUT2D eigenvalue weighted by Crippen LogP contribution is 2.25. The molecular weight excluding hydrogens is 161 g/mol. The van der Waals surface area contributed by atoms with Crippen molar-refractivity contribution in [1.82, 2.24) is 0 Å². The van der Waals surface area contributed by atoms with Gasteiger partial charge in [0.25, 0.3) is 0 Å². The van der Waals surface area contributed by atoms with Gasteiger partial charge < -0.3 is 25.5 Å². The van der Waals surface area contributed by atoms with Gasteiger partial charge in [0.05, 0.1) is 0 Å². The number of aliphatic hydroxyl groups excluding tert-OH is 1. The first-order valence-electron chi connectivity index (χ1n) is 2.51. The van der Waals surface area contributed by atoms with E-state index in [4.69, 9.17) is 30.1 Å². The number of hydrogen-bond acceptors (Lipinski definition) is 3. The standard InChI is InChI=1S/C3H9NO.H3O4P/c4-2-1-3-5;1-5(2,3)4/h5H,1-4H2;(H3,1,2,3,4). The lowest BCUT2D eigenvalue weighted by Crippen LogP contribution is -1.99. The molecule has 0 spiro atoms. The minimum Gasteiger partial charge on any atom is -0.396 e. The summed E-state index contributed by atoms with van der Waals surface area (Å²) in [5.74, 6) is 0. The summed E-state index contributed by atoms with van der Waals surface area (Å²) in [5, 5.41) is 7.99. The molecular formula is C3H12NO5P. The molecule has 0 unspecified atom stereocenters. The molecule has 0 aliphatic heterocycles. The van der Waals surface area contributed by atoms with Crippen LogP contribution < -0.4 is 5.73 Å². The Morgan fingerprint density at radius 2 is 1.60 bits per heavy atom. The van der Waals surface area contributed by atoms with Crippen molar-refractivity contribution in [2.24, 2.45) is 5.73 Å². The Hall–Kier alpha value is 0.0300. The van der Waals surface area contributed by atoms with E-state index in [1.165, 1.54) is 0 Å². The predicted octanol–water partition coefficient (Wildman–Crippen LogP) is -1.60. The van der Waals surface area contributed by atoms with Crippen LogP contribution >= 0.6 is 7.82 Å². The minimum atomic E-state index is -4.64. The summed E-state index contributed by atoms with van der Waals surface area (Å²) in [5.41, 5.74) is 4.98. The summed E-state index contributed by atoms with van der Waals surface area (Å²) in [4.78, 5) is 21.6. The third-order valence-electron chi connectivity index (χ3n) is 0.362. The van der Waals surface area contributed by atoms with Gasteiger partial charge in [-0.15, -0.1) is 0 Å². The smallest absolute Gasteiger partial charge is 0.396 e. The molecule has 7 heteroatoms. The van der Waals surface area contributed by atoms with Crippen molar-refractivity contribution >= 4 is 7.82 Å². The van der Waals surface area contributed by atoms with Crippen LogP contribution in [0.2, 0.25) is 0 Å². The maximum Gasteiger partial charge on any atom is 0.466 e. The number of nitrogens with two attached hydrogens (primary N) is 1. The number of hydrogen-bond donors (Lipinski definition) is 5. The number of phosphoric acid groups is 1. The van der Waals surface area contributed by atoms with Gasteiger partial charge in [-0.3, -0.25) is 0 Å². The van der Waals surface area contributed by atoms with Crippen LogP contribution in [-0.2, 0) is 4.57 Å². The van der Waals surface area contributed by atoms with Gasteiger partial charge in [0.1, 0.15) is 0 Å². The Balaban J connectivity index is 0. The Labute approximate surface area is 58.5 Å². The molecule has 0 rings (SSSR count). The maximum absolute atomic E-state index is 8.88. The highest BCUT2D eigenvalue weighted by atomic mass is 31.2. The van der Waals surface area contributed by atoms with Crippen LogP contribution in [0.25, 0.3) is 0 Å². The molecule has 0 saturated heterocycles. The van der Waals surface area contributed by atoms with Crippen molar-refractivity contribution in [3.05, 3.63) is 0 Å². The van der Waals surface area contributed by atoms with Crippen molar-refractivity contribution in [3.8, 4) is 0 Å². The third-order valence-corrected chi connectivity index (χ3v) is 0.362. The van der Waals surface area contributed by atoms with E-state index in [0.29, 0.717) is 6.54 Å². The molecule has 0 aromatic rings. The van der Waals surface area contributed by atoms with Crippen LogP contribution in [0.15, 0.2) is 0 Å². The lowest BCUT2D eigenvalue weighted by Gasteiger charge is -1.82. The summed E-state index contributed by atoms with van der Waals surface area (Å²) >= 11 is 0. The van der Waals surface area contributed by atoms with Crippen molar-refractivity contribution in [2.75, 3.05) is 13.2 Å². The van der Waals surface area contributed by atoms with Gasteiger partial charge in [0, 0.05) is 6.61 Å². The molecule has 10 heavy (non-hydrogen) atoms. The topological polar surface area (TPSA) is 124 Å². The summed E-state index contributed by atoms with van der Waals surface area (Å²) in [6, 6.07) is 0. The first kappa shape index (κ1) is 12.7. The molecule has 6 N–H and O–H groups in total. The van der Waals surface area contributed by atoms with E-state index < -0.39 is 7.82 Å². The Morgan fingerprint density at radius 3 is 1.60 bits per heavy atom. The van der Waals surface area contributed by atoms with Crippen LogP contribution in [-0.4, -0.2) is 32.9 Å². The highest BCUT2D eigenvalue weighted by molar-refractivity contribution is 7.45. The van der Waals surface area contributed by atoms with Gasteiger partial charge >= 0.3 is 7.82 Å². The fourth-order valence-corrected chi connectivity index (χ4v) is 0.0913. The van der Waals surface area contributed by atoms with Crippen molar-refractivity contribution < 1.29 is 24.4 Å². The molecule has 0 heterocycles. The average Bonchev–Trinajstić information content (AvgIpc) is 1.63. The van der Waals surface area contributed by atoms with E-state index in [9.17, 15) is 0 Å². The molecule has 0 bridgehead atoms. The molecule has 0 amide bonds. The monoisotopic (exact) mass is 173 g/mol. The Bertz CT molecular complexity index is 90.8. The molecule has 0 aliphatic rings. The Kier molecular flexibility index (Phi) is 9.06. The summed E-state index contributed by atoms with van der Waals surface area (Å²) in [6.07, 6.45) is 0.722. The summed E-state index contributed by atoms with van der Waals surface area (Å²) < 4.78 is 8.88. The molecule has 0 saturated carbocycles. The van der Waals surface area contributed by atoms with E-state index in [2.05, 4.69) is 0 Å². The summed E-state index contributed by atoms with van der Waals surface area (Å²) in [6.45, 7) is 0.812. The van der Waals surface area contributed by atoms with Gasteiger partial charge in [-0.25, -0.2) is 4.57 Å². The van der Waals surface area contributed by atoms with E-state index in [1.54, 1.807) is 0 Å². The van der Waals surface area contributed by atoms with Crippen molar-refractivity contribution in [3.63, 3.8) is 0 Å². The van der Waals surface area contributed by atoms with Gasteiger partial charge in [-0.05, 0) is 13.0 Å². The second kappa shape index (κ2) is 7.14. The number of aliphatic hydroxyl groups is 1. The largest absolute Gasteiger partial charge is 0.466 e. The van der Waals surface area contributed by atoms with Gasteiger partial charge in [0.15, 0.2) is 0 Å². The normalized spacial score (nSPS) is 10.1. The average molecular weight is 173 g/mol. The van der Waals surface area contributed by atoms with Crippen LogP contribution in [0.5, 0.6) is 0 Å². The number of rotatable bonds is 2. The lowest BCUT2D eigenvalue weighted by molar-refractivity contribution is 0.275. The zero-order chi connectivity index (χ0) is 8.62. The van der Waals surface area contributed by atoms with Gasteiger partial charge in [-0.1, -0.05) is 0 Å². The van der Waals surface area contributed by atoms with Crippen LogP contribution in [0.3, 0.4) is 0 Å². The predicted molar refractivity (Wildman–Crippen MR) is 35.0 cm³/mol. The van der Waals surface area contributed by atoms with Crippen LogP contribution in [0.1, 0.15) is 6.42 Å². The van der Waals surface area contributed by atoms with Crippen molar-refractivity contribution in [1.29, 1.82) is 0 Å². The van der Waals surface area contributed by atoms with E-state index in [-0.39, 0.29) is 6.61 Å². The first-order valence-corrected chi connectivity index (χ1v) is 4.07. The molecule has 0 aromatic heterocycles. The fraction of sp³-hybridized carbons (Fsp3) is 1.00. The molecule has 0 fully saturated rings. The van der Waals surface area contributed by atoms with E-state index in [0.717, 1.165) is 6.42 Å². The van der Waals surface area contributed by atoms with E-state index >= 15 is 0 Å². The molecule has 0 radical (unpaired) electrons. The molecule has 0 aliphatic carbocycles. The van der Waals surface area contributed by atoms with Crippen LogP contribution in [0.4, 0.5) is 0 Å². The molecule has 0 aromatic carbocycles.